The van der Waals surface area contributed by atoms with Gasteiger partial charge in [0.05, 0.1) is 0 Å². The molecule has 0 saturated heterocycles. The number of aldehydes is 1. The first-order chi connectivity index (χ1) is 18.3. The number of rotatable bonds is 15. The number of nitrogens with one attached hydrogen (secondary N) is 1. The summed E-state index contributed by atoms with van der Waals surface area (Å²) in [6.45, 7) is 2.04. The zero-order valence-electron chi connectivity index (χ0n) is 22.5. The molecule has 0 spiro atoms. The summed E-state index contributed by atoms with van der Waals surface area (Å²) in [6, 6.07) is 5.96. The number of carboxylic acid groups (broad SMARTS) is 3. The normalized spacial score (nSPS) is 10.1. The number of aliphatic carboxylic acids is 3. The maximum atomic E-state index is 11.0. The van der Waals surface area contributed by atoms with Gasteiger partial charge < -0.3 is 43.0 Å². The number of carbonyl (C=O) groups is 7. The SMILES string of the molecule is CC(=O)Nc1ccc(C=O)cc1.N.NCCCC[C@H](N)C(=O)O.O=C(O)CCCC(=O)OC(=O)CCCC(=O)O. The lowest BCUT2D eigenvalue weighted by atomic mass is 10.1. The number of carboxylic acids is 3. The van der Waals surface area contributed by atoms with E-state index in [1.54, 1.807) is 24.3 Å². The topological polar surface area (TPSA) is 288 Å². The molecule has 40 heavy (non-hydrogen) atoms. The van der Waals surface area contributed by atoms with Gasteiger partial charge in [0, 0.05) is 43.9 Å². The molecule has 15 nitrogen and oxygen atoms in total. The maximum absolute atomic E-state index is 11.0. The van der Waals surface area contributed by atoms with E-state index < -0.39 is 35.9 Å². The first-order valence-corrected chi connectivity index (χ1v) is 12.0. The van der Waals surface area contributed by atoms with Gasteiger partial charge in [0.25, 0.3) is 0 Å². The van der Waals surface area contributed by atoms with Gasteiger partial charge in [-0.05, 0) is 56.5 Å². The Labute approximate surface area is 231 Å². The lowest BCUT2D eigenvalue weighted by Crippen LogP contribution is -2.29. The van der Waals surface area contributed by atoms with E-state index in [-0.39, 0.29) is 50.6 Å². The molecule has 0 aliphatic heterocycles. The van der Waals surface area contributed by atoms with Gasteiger partial charge in [0.2, 0.25) is 5.91 Å². The highest BCUT2D eigenvalue weighted by molar-refractivity contribution is 5.89. The van der Waals surface area contributed by atoms with E-state index in [1.807, 2.05) is 0 Å². The van der Waals surface area contributed by atoms with Crippen molar-refractivity contribution in [3.63, 3.8) is 0 Å². The van der Waals surface area contributed by atoms with Crippen molar-refractivity contribution >= 4 is 47.7 Å². The summed E-state index contributed by atoms with van der Waals surface area (Å²) in [4.78, 5) is 73.2. The molecule has 1 atom stereocenters. The zero-order valence-corrected chi connectivity index (χ0v) is 22.5. The largest absolute Gasteiger partial charge is 0.481 e. The molecule has 0 saturated carbocycles. The number of benzene rings is 1. The summed E-state index contributed by atoms with van der Waals surface area (Å²) in [5, 5.41) is 27.5. The number of nitrogens with two attached hydrogens (primary N) is 2. The Hall–Kier alpha value is -4.21. The Bertz CT molecular complexity index is 907. The van der Waals surface area contributed by atoms with Crippen LogP contribution < -0.4 is 22.9 Å². The summed E-state index contributed by atoms with van der Waals surface area (Å²) >= 11 is 0. The highest BCUT2D eigenvalue weighted by Crippen LogP contribution is 2.07. The van der Waals surface area contributed by atoms with E-state index in [1.165, 1.54) is 6.92 Å². The van der Waals surface area contributed by atoms with Gasteiger partial charge in [-0.1, -0.05) is 6.42 Å². The average molecular weight is 573 g/mol. The Kier molecular flexibility index (Phi) is 25.3. The van der Waals surface area contributed by atoms with Gasteiger partial charge >= 0.3 is 29.8 Å². The number of ether oxygens (including phenoxy) is 1. The lowest BCUT2D eigenvalue weighted by molar-refractivity contribution is -0.159. The molecule has 1 aromatic carbocycles. The number of anilines is 1. The quantitative estimate of drug-likeness (QED) is 0.0681. The summed E-state index contributed by atoms with van der Waals surface area (Å²) < 4.78 is 4.35. The molecular formula is C25H40N4O11. The molecule has 0 bridgehead atoms. The van der Waals surface area contributed by atoms with Crippen molar-refractivity contribution < 1.29 is 53.6 Å². The van der Waals surface area contributed by atoms with Crippen LogP contribution in [0.3, 0.4) is 0 Å². The molecule has 0 unspecified atom stereocenters. The third-order valence-electron chi connectivity index (χ3n) is 4.42. The monoisotopic (exact) mass is 572 g/mol. The number of unbranched alkanes of at least 4 members (excludes halogenated alkanes) is 1. The van der Waals surface area contributed by atoms with E-state index in [9.17, 15) is 33.6 Å². The van der Waals surface area contributed by atoms with Crippen LogP contribution in [0.5, 0.6) is 0 Å². The number of hydrogen-bond acceptors (Lipinski definition) is 11. The van der Waals surface area contributed by atoms with Crippen LogP contribution in [0.1, 0.15) is 75.1 Å². The molecule has 0 heterocycles. The van der Waals surface area contributed by atoms with Crippen LogP contribution in [0.4, 0.5) is 5.69 Å². The van der Waals surface area contributed by atoms with Crippen LogP contribution in [-0.2, 0) is 33.5 Å². The molecule has 0 aromatic heterocycles. The summed E-state index contributed by atoms with van der Waals surface area (Å²) in [5.74, 6) is -4.67. The van der Waals surface area contributed by atoms with Gasteiger partial charge in [-0.15, -0.1) is 0 Å². The minimum absolute atomic E-state index is 0. The molecule has 0 fully saturated rings. The van der Waals surface area contributed by atoms with Crippen molar-refractivity contribution in [2.24, 2.45) is 11.5 Å². The van der Waals surface area contributed by atoms with Crippen LogP contribution in [0.2, 0.25) is 0 Å². The number of carbonyl (C=O) groups excluding carboxylic acids is 4. The molecule has 1 aromatic rings. The highest BCUT2D eigenvalue weighted by atomic mass is 16.6. The Balaban J connectivity index is -0.000000527. The van der Waals surface area contributed by atoms with E-state index in [2.05, 4.69) is 10.1 Å². The molecular weight excluding hydrogens is 532 g/mol. The second-order valence-electron chi connectivity index (χ2n) is 7.99. The molecule has 11 N–H and O–H groups in total. The smallest absolute Gasteiger partial charge is 0.320 e. The highest BCUT2D eigenvalue weighted by Gasteiger charge is 2.12. The van der Waals surface area contributed by atoms with Crippen molar-refractivity contribution in [1.82, 2.24) is 6.15 Å². The summed E-state index contributed by atoms with van der Waals surface area (Å²) in [6.07, 6.45) is 2.53. The van der Waals surface area contributed by atoms with E-state index in [0.717, 1.165) is 19.1 Å². The molecule has 226 valence electrons. The third-order valence-corrected chi connectivity index (χ3v) is 4.42. The standard InChI is InChI=1S/C10H14O7.C9H9NO2.C6H14N2O2.H3N/c11-7(12)3-1-5-9(15)17-10(16)6-2-4-8(13)14;1-7(12)10-9-4-2-8(6-11)3-5-9;7-4-2-1-3-5(8)6(9)10;/h1-6H2,(H,11,12)(H,13,14);2-6H,1H3,(H,10,12);5H,1-4,7-8H2,(H,9,10);1H3/t;;5-;/m..0./s1. The first kappa shape index (κ1) is 40.3. The van der Waals surface area contributed by atoms with Crippen molar-refractivity contribution in [3.8, 4) is 0 Å². The van der Waals surface area contributed by atoms with Gasteiger partial charge in [-0.25, -0.2) is 0 Å². The predicted octanol–water partition coefficient (Wildman–Crippen LogP) is 1.71. The van der Waals surface area contributed by atoms with Gasteiger partial charge in [-0.2, -0.15) is 0 Å². The van der Waals surface area contributed by atoms with Crippen LogP contribution in [0.15, 0.2) is 24.3 Å². The molecule has 0 radical (unpaired) electrons. The van der Waals surface area contributed by atoms with E-state index in [0.29, 0.717) is 24.2 Å². The predicted molar refractivity (Wildman–Crippen MR) is 144 cm³/mol. The Morgan fingerprint density at radius 2 is 1.32 bits per heavy atom. The Morgan fingerprint density at radius 1 is 0.850 bits per heavy atom. The molecule has 1 rings (SSSR count). The third kappa shape index (κ3) is 26.8. The minimum atomic E-state index is -1.02. The maximum Gasteiger partial charge on any atom is 0.320 e. The van der Waals surface area contributed by atoms with Crippen molar-refractivity contribution in [1.29, 1.82) is 0 Å². The number of esters is 2. The minimum Gasteiger partial charge on any atom is -0.481 e. The Morgan fingerprint density at radius 3 is 1.68 bits per heavy atom. The van der Waals surface area contributed by atoms with E-state index in [4.69, 9.17) is 26.8 Å². The number of hydrogen-bond donors (Lipinski definition) is 7. The van der Waals surface area contributed by atoms with E-state index >= 15 is 0 Å². The second kappa shape index (κ2) is 25.1. The van der Waals surface area contributed by atoms with Crippen molar-refractivity contribution in [2.75, 3.05) is 11.9 Å². The summed E-state index contributed by atoms with van der Waals surface area (Å²) in [7, 11) is 0. The summed E-state index contributed by atoms with van der Waals surface area (Å²) in [5.41, 5.74) is 11.7. The fourth-order valence-electron chi connectivity index (χ4n) is 2.48. The fourth-order valence-corrected chi connectivity index (χ4v) is 2.48. The van der Waals surface area contributed by atoms with Crippen molar-refractivity contribution in [3.05, 3.63) is 29.8 Å². The first-order valence-electron chi connectivity index (χ1n) is 12.0. The second-order valence-corrected chi connectivity index (χ2v) is 7.99. The lowest BCUT2D eigenvalue weighted by Gasteiger charge is -2.03. The van der Waals surface area contributed by atoms with Gasteiger partial charge in [0.1, 0.15) is 12.3 Å². The fraction of sp³-hybridized carbons (Fsp3) is 0.480. The van der Waals surface area contributed by atoms with Crippen LogP contribution >= 0.6 is 0 Å². The van der Waals surface area contributed by atoms with Crippen molar-refractivity contribution in [2.45, 2.75) is 70.8 Å². The van der Waals surface area contributed by atoms with Crippen LogP contribution in [-0.4, -0.2) is 69.9 Å². The molecule has 1 amide bonds. The zero-order chi connectivity index (χ0) is 30.2. The number of amides is 1. The molecule has 0 aliphatic carbocycles. The molecule has 0 aliphatic rings. The van der Waals surface area contributed by atoms with Gasteiger partial charge in [0.15, 0.2) is 0 Å². The molecule has 15 heteroatoms. The van der Waals surface area contributed by atoms with Crippen LogP contribution in [0.25, 0.3) is 0 Å². The van der Waals surface area contributed by atoms with Gasteiger partial charge in [-0.3, -0.25) is 33.6 Å². The average Bonchev–Trinajstić information content (AvgIpc) is 2.84. The van der Waals surface area contributed by atoms with Crippen LogP contribution in [0, 0.1) is 0 Å².